The minimum atomic E-state index is -0.677. The van der Waals surface area contributed by atoms with Crippen molar-refractivity contribution < 1.29 is 9.90 Å². The van der Waals surface area contributed by atoms with Gasteiger partial charge in [-0.25, -0.2) is 0 Å². The van der Waals surface area contributed by atoms with Gasteiger partial charge in [-0.15, -0.1) is 0 Å². The number of hydrogen-bond acceptors (Lipinski definition) is 1. The molecule has 2 heteroatoms. The highest BCUT2D eigenvalue weighted by Gasteiger charge is 1.95. The molecule has 0 saturated carbocycles. The van der Waals surface area contributed by atoms with Crippen LogP contribution in [0, 0.1) is 0 Å². The molecule has 0 atom stereocenters. The van der Waals surface area contributed by atoms with Crippen LogP contribution in [0.25, 0.3) is 0 Å². The van der Waals surface area contributed by atoms with Gasteiger partial charge in [0.2, 0.25) is 0 Å². The van der Waals surface area contributed by atoms with E-state index in [-0.39, 0.29) is 14.9 Å². The van der Waals surface area contributed by atoms with Crippen LogP contribution in [-0.4, -0.2) is 11.1 Å². The van der Waals surface area contributed by atoms with E-state index in [1.807, 2.05) is 0 Å². The third kappa shape index (κ3) is 23.8. The van der Waals surface area contributed by atoms with E-state index in [4.69, 9.17) is 5.11 Å². The lowest BCUT2D eigenvalue weighted by Crippen LogP contribution is -1.93. The summed E-state index contributed by atoms with van der Waals surface area (Å²) in [4.78, 5) is 10.3. The maximum Gasteiger partial charge on any atom is 0.303 e. The first-order valence-corrected chi connectivity index (χ1v) is 7.97. The molecule has 0 aromatic rings. The first-order valence-electron chi connectivity index (χ1n) is 7.97. The van der Waals surface area contributed by atoms with Crippen LogP contribution in [0.4, 0.5) is 0 Å². The third-order valence-corrected chi connectivity index (χ3v) is 3.09. The van der Waals surface area contributed by atoms with Crippen LogP contribution in [0.5, 0.6) is 0 Å². The fraction of sp³-hybridized carbons (Fsp3) is 0.650. The molecule has 0 spiro atoms. The molecular weight excluding hydrogens is 272 g/mol. The SMILES string of the molecule is C.C.CCCCC=CC=CC=CCCCCCCCC(=O)O. The van der Waals surface area contributed by atoms with Gasteiger partial charge in [0.05, 0.1) is 0 Å². The highest BCUT2D eigenvalue weighted by molar-refractivity contribution is 5.66. The van der Waals surface area contributed by atoms with Gasteiger partial charge in [0.1, 0.15) is 0 Å². The molecule has 0 radical (unpaired) electrons. The molecule has 0 heterocycles. The number of aliphatic carboxylic acids is 1. The van der Waals surface area contributed by atoms with Gasteiger partial charge in [-0.1, -0.05) is 90.3 Å². The van der Waals surface area contributed by atoms with Crippen molar-refractivity contribution in [2.45, 2.75) is 86.0 Å². The van der Waals surface area contributed by atoms with Crippen molar-refractivity contribution in [2.75, 3.05) is 0 Å². The molecule has 0 aromatic heterocycles. The van der Waals surface area contributed by atoms with Gasteiger partial charge in [0.15, 0.2) is 0 Å². The second-order valence-corrected chi connectivity index (χ2v) is 5.08. The van der Waals surface area contributed by atoms with Crippen molar-refractivity contribution in [1.29, 1.82) is 0 Å². The minimum Gasteiger partial charge on any atom is -0.481 e. The Morgan fingerprint density at radius 3 is 1.82 bits per heavy atom. The average molecular weight is 311 g/mol. The first-order chi connectivity index (χ1) is 9.77. The molecular formula is C20H38O2. The van der Waals surface area contributed by atoms with Gasteiger partial charge in [-0.05, 0) is 25.7 Å². The lowest BCUT2D eigenvalue weighted by Gasteiger charge is -1.97. The summed E-state index contributed by atoms with van der Waals surface area (Å²) in [7, 11) is 0. The molecule has 130 valence electrons. The molecule has 0 rings (SSSR count). The number of carbonyl (C=O) groups is 1. The fourth-order valence-corrected chi connectivity index (χ4v) is 1.87. The van der Waals surface area contributed by atoms with Crippen LogP contribution in [0.2, 0.25) is 0 Å². The van der Waals surface area contributed by atoms with Gasteiger partial charge in [0, 0.05) is 6.42 Å². The zero-order valence-corrected chi connectivity index (χ0v) is 12.9. The highest BCUT2D eigenvalue weighted by Crippen LogP contribution is 2.07. The van der Waals surface area contributed by atoms with E-state index in [2.05, 4.69) is 43.4 Å². The molecule has 0 unspecified atom stereocenters. The Kier molecular flexibility index (Phi) is 25.6. The van der Waals surface area contributed by atoms with Crippen molar-refractivity contribution in [3.05, 3.63) is 36.5 Å². The summed E-state index contributed by atoms with van der Waals surface area (Å²) in [5, 5.41) is 8.50. The van der Waals surface area contributed by atoms with E-state index >= 15 is 0 Å². The van der Waals surface area contributed by atoms with Crippen molar-refractivity contribution in [3.8, 4) is 0 Å². The second-order valence-electron chi connectivity index (χ2n) is 5.08. The van der Waals surface area contributed by atoms with Crippen molar-refractivity contribution >= 4 is 5.97 Å². The summed E-state index contributed by atoms with van der Waals surface area (Å²) in [6.07, 6.45) is 23.3. The summed E-state index contributed by atoms with van der Waals surface area (Å²) >= 11 is 0. The number of allylic oxidation sites excluding steroid dienone is 6. The quantitative estimate of drug-likeness (QED) is 0.296. The van der Waals surface area contributed by atoms with Crippen molar-refractivity contribution in [3.63, 3.8) is 0 Å². The van der Waals surface area contributed by atoms with Gasteiger partial charge in [-0.2, -0.15) is 0 Å². The normalized spacial score (nSPS) is 11.0. The van der Waals surface area contributed by atoms with E-state index in [0.29, 0.717) is 6.42 Å². The summed E-state index contributed by atoms with van der Waals surface area (Å²) in [5.41, 5.74) is 0. The lowest BCUT2D eigenvalue weighted by atomic mass is 10.1. The Morgan fingerprint density at radius 1 is 0.773 bits per heavy atom. The van der Waals surface area contributed by atoms with Gasteiger partial charge in [0.25, 0.3) is 0 Å². The molecule has 0 saturated heterocycles. The molecule has 0 fully saturated rings. The zero-order valence-electron chi connectivity index (χ0n) is 12.9. The van der Waals surface area contributed by atoms with Crippen LogP contribution < -0.4 is 0 Å². The minimum absolute atomic E-state index is 0. The molecule has 0 amide bonds. The molecule has 0 bridgehead atoms. The highest BCUT2D eigenvalue weighted by atomic mass is 16.4. The molecule has 1 N–H and O–H groups in total. The number of carboxylic acid groups (broad SMARTS) is 1. The van der Waals surface area contributed by atoms with Gasteiger partial charge < -0.3 is 5.11 Å². The molecule has 2 nitrogen and oxygen atoms in total. The lowest BCUT2D eigenvalue weighted by molar-refractivity contribution is -0.137. The van der Waals surface area contributed by atoms with E-state index < -0.39 is 5.97 Å². The first kappa shape index (κ1) is 25.6. The molecule has 0 aliphatic rings. The average Bonchev–Trinajstić information content (AvgIpc) is 2.43. The Morgan fingerprint density at radius 2 is 1.27 bits per heavy atom. The van der Waals surface area contributed by atoms with Crippen LogP contribution in [0.1, 0.15) is 86.0 Å². The summed E-state index contributed by atoms with van der Waals surface area (Å²) < 4.78 is 0. The predicted molar refractivity (Wildman–Crippen MR) is 100 cm³/mol. The zero-order chi connectivity index (χ0) is 14.9. The van der Waals surface area contributed by atoms with E-state index in [9.17, 15) is 4.79 Å². The van der Waals surface area contributed by atoms with Crippen LogP contribution in [-0.2, 0) is 4.79 Å². The fourth-order valence-electron chi connectivity index (χ4n) is 1.87. The van der Waals surface area contributed by atoms with Crippen LogP contribution in [0.3, 0.4) is 0 Å². The Balaban J connectivity index is -0.00000180. The smallest absolute Gasteiger partial charge is 0.303 e. The molecule has 22 heavy (non-hydrogen) atoms. The van der Waals surface area contributed by atoms with E-state index in [0.717, 1.165) is 25.7 Å². The van der Waals surface area contributed by atoms with Gasteiger partial charge in [-0.3, -0.25) is 4.79 Å². The molecule has 0 aliphatic heterocycles. The summed E-state index contributed by atoms with van der Waals surface area (Å²) in [6, 6.07) is 0. The Hall–Kier alpha value is -1.31. The molecule has 0 aromatic carbocycles. The Bertz CT molecular complexity index is 301. The van der Waals surface area contributed by atoms with E-state index in [1.54, 1.807) is 0 Å². The predicted octanol–water partition coefficient (Wildman–Crippen LogP) is 6.93. The number of rotatable bonds is 13. The maximum absolute atomic E-state index is 10.3. The van der Waals surface area contributed by atoms with E-state index in [1.165, 1.54) is 32.1 Å². The van der Waals surface area contributed by atoms with Crippen molar-refractivity contribution in [2.24, 2.45) is 0 Å². The largest absolute Gasteiger partial charge is 0.481 e. The summed E-state index contributed by atoms with van der Waals surface area (Å²) in [5.74, 6) is -0.677. The number of unbranched alkanes of at least 4 members (excludes halogenated alkanes) is 7. The number of hydrogen-bond donors (Lipinski definition) is 1. The van der Waals surface area contributed by atoms with Crippen molar-refractivity contribution in [1.82, 2.24) is 0 Å². The third-order valence-electron chi connectivity index (χ3n) is 3.09. The van der Waals surface area contributed by atoms with Crippen LogP contribution >= 0.6 is 0 Å². The van der Waals surface area contributed by atoms with Crippen LogP contribution in [0.15, 0.2) is 36.5 Å². The molecule has 0 aliphatic carbocycles. The summed E-state index contributed by atoms with van der Waals surface area (Å²) in [6.45, 7) is 2.21. The van der Waals surface area contributed by atoms with Gasteiger partial charge >= 0.3 is 5.97 Å². The number of carboxylic acids is 1. The standard InChI is InChI=1S/C18H30O2.2CH4/c1-2-3-4-5-6-7-8-9-10-11-12-13-14-15-16-17-18(19)20;;/h5-10H,2-4,11-17H2,1H3,(H,19,20);2*1H4. The maximum atomic E-state index is 10.3. The monoisotopic (exact) mass is 310 g/mol. The Labute approximate surface area is 139 Å². The second kappa shape index (κ2) is 22.0. The topological polar surface area (TPSA) is 37.3 Å².